The summed E-state index contributed by atoms with van der Waals surface area (Å²) in [7, 11) is 1.87. The van der Waals surface area contributed by atoms with Gasteiger partial charge in [-0.05, 0) is 0 Å². The number of carbonyl (C=O) groups is 1. The van der Waals surface area contributed by atoms with Crippen molar-refractivity contribution in [2.75, 3.05) is 7.05 Å². The van der Waals surface area contributed by atoms with Gasteiger partial charge in [0.2, 0.25) is 0 Å². The van der Waals surface area contributed by atoms with E-state index in [0.717, 1.165) is 16.2 Å². The van der Waals surface area contributed by atoms with E-state index in [9.17, 15) is 9.90 Å². The van der Waals surface area contributed by atoms with Gasteiger partial charge in [0.05, 0.1) is 17.8 Å². The molecule has 68 valence electrons. The van der Waals surface area contributed by atoms with E-state index in [1.54, 1.807) is 6.34 Å². The topological polar surface area (TPSA) is 68.6 Å². The Morgan fingerprint density at radius 3 is 3.07 bits per heavy atom. The molecule has 0 radical (unpaired) electrons. The number of fused-ring (bicyclic) bond motifs is 1. The molecule has 14 heavy (non-hydrogen) atoms. The molecule has 0 spiro atoms. The molecule has 0 fully saturated rings. The van der Waals surface area contributed by atoms with Crippen LogP contribution in [0.5, 0.6) is 0 Å². The largest absolute Gasteiger partial charge is 1.00 e. The third-order valence-corrected chi connectivity index (χ3v) is 2.63. The molecule has 0 bridgehead atoms. The van der Waals surface area contributed by atoms with E-state index in [1.165, 1.54) is 0 Å². The van der Waals surface area contributed by atoms with Crippen molar-refractivity contribution >= 4 is 29.5 Å². The van der Waals surface area contributed by atoms with Crippen molar-refractivity contribution in [3.05, 3.63) is 9.88 Å². The summed E-state index contributed by atoms with van der Waals surface area (Å²) < 4.78 is 0. The Labute approximate surface area is 96.7 Å². The van der Waals surface area contributed by atoms with Crippen LogP contribution in [0.4, 0.5) is 5.82 Å². The van der Waals surface area contributed by atoms with Gasteiger partial charge in [0.15, 0.2) is 5.82 Å². The predicted octanol–water partition coefficient (Wildman–Crippen LogP) is -3.38. The Morgan fingerprint density at radius 1 is 1.71 bits per heavy atom. The van der Waals surface area contributed by atoms with E-state index in [1.807, 2.05) is 11.9 Å². The molecule has 1 aromatic rings. The fourth-order valence-corrected chi connectivity index (χ4v) is 1.96. The molecular weight excluding hydrogens is 197 g/mol. The van der Waals surface area contributed by atoms with Gasteiger partial charge in [-0.25, -0.2) is 9.98 Å². The average molecular weight is 203 g/mol. The summed E-state index contributed by atoms with van der Waals surface area (Å²) >= 11 is 1.12. The van der Waals surface area contributed by atoms with E-state index in [0.29, 0.717) is 12.4 Å². The molecule has 2 rings (SSSR count). The third kappa shape index (κ3) is 1.98. The number of thiazole rings is 1. The van der Waals surface area contributed by atoms with E-state index in [2.05, 4.69) is 9.98 Å². The van der Waals surface area contributed by atoms with Crippen LogP contribution in [-0.4, -0.2) is 29.2 Å². The molecular formula is C7H6LiN3O2S. The van der Waals surface area contributed by atoms with E-state index < -0.39 is 5.97 Å². The predicted molar refractivity (Wildman–Crippen MR) is 46.1 cm³/mol. The normalized spacial score (nSPS) is 13.4. The number of aromatic carboxylic acids is 1. The molecule has 7 heteroatoms. The minimum atomic E-state index is -1.24. The van der Waals surface area contributed by atoms with Crippen molar-refractivity contribution in [1.82, 2.24) is 9.88 Å². The van der Waals surface area contributed by atoms with E-state index >= 15 is 0 Å². The first-order valence-electron chi connectivity index (χ1n) is 3.62. The fraction of sp³-hybridized carbons (Fsp3) is 0.286. The minimum Gasteiger partial charge on any atom is -0.542 e. The zero-order chi connectivity index (χ0) is 9.42. The summed E-state index contributed by atoms with van der Waals surface area (Å²) in [5.74, 6) is -0.737. The summed E-state index contributed by atoms with van der Waals surface area (Å²) in [6.45, 7) is 0.657. The van der Waals surface area contributed by atoms with Gasteiger partial charge in [0.25, 0.3) is 0 Å². The number of carboxylic acids is 1. The summed E-state index contributed by atoms with van der Waals surface area (Å²) in [6, 6.07) is 0. The number of aliphatic imine (C=N–C) groups is 1. The first-order valence-corrected chi connectivity index (χ1v) is 4.44. The fourth-order valence-electron chi connectivity index (χ4n) is 1.06. The molecule has 0 unspecified atom stereocenters. The molecule has 0 saturated carbocycles. The van der Waals surface area contributed by atoms with E-state index in [4.69, 9.17) is 0 Å². The monoisotopic (exact) mass is 203 g/mol. The second-order valence-corrected chi connectivity index (χ2v) is 3.80. The maximum atomic E-state index is 10.5. The van der Waals surface area contributed by atoms with Crippen molar-refractivity contribution in [3.63, 3.8) is 0 Å². The number of hydrogen-bond acceptors (Lipinski definition) is 6. The summed E-state index contributed by atoms with van der Waals surface area (Å²) in [5, 5.41) is 10.5. The molecule has 2 heterocycles. The van der Waals surface area contributed by atoms with Crippen LogP contribution < -0.4 is 24.0 Å². The molecule has 0 atom stereocenters. The number of carbonyl (C=O) groups excluding carboxylic acids is 1. The SMILES string of the molecule is CN1C=Nc2nc(C(=O)[O-])sc2C1.[Li+]. The maximum Gasteiger partial charge on any atom is 1.00 e. The van der Waals surface area contributed by atoms with Gasteiger partial charge in [-0.2, -0.15) is 0 Å². The van der Waals surface area contributed by atoms with Gasteiger partial charge in [-0.1, -0.05) is 0 Å². The van der Waals surface area contributed by atoms with Gasteiger partial charge in [0.1, 0.15) is 11.0 Å². The van der Waals surface area contributed by atoms with Crippen LogP contribution in [0.15, 0.2) is 4.99 Å². The van der Waals surface area contributed by atoms with Gasteiger partial charge < -0.3 is 14.8 Å². The third-order valence-electron chi connectivity index (χ3n) is 1.62. The Balaban J connectivity index is 0.000000980. The van der Waals surface area contributed by atoms with Crippen LogP contribution in [0.3, 0.4) is 0 Å². The van der Waals surface area contributed by atoms with Crippen LogP contribution in [0.2, 0.25) is 0 Å². The summed E-state index contributed by atoms with van der Waals surface area (Å²) in [4.78, 5) is 21.0. The maximum absolute atomic E-state index is 10.5. The number of carboxylic acid groups (broad SMARTS) is 1. The summed E-state index contributed by atoms with van der Waals surface area (Å²) in [5.41, 5.74) is 0. The van der Waals surface area contributed by atoms with Crippen LogP contribution in [0, 0.1) is 0 Å². The second-order valence-electron chi connectivity index (χ2n) is 2.71. The number of hydrogen-bond donors (Lipinski definition) is 0. The van der Waals surface area contributed by atoms with Gasteiger partial charge in [0, 0.05) is 7.05 Å². The van der Waals surface area contributed by atoms with Crippen molar-refractivity contribution in [2.45, 2.75) is 6.54 Å². The smallest absolute Gasteiger partial charge is 0.542 e. The van der Waals surface area contributed by atoms with Crippen molar-refractivity contribution in [1.29, 1.82) is 0 Å². The van der Waals surface area contributed by atoms with Crippen molar-refractivity contribution < 1.29 is 28.8 Å². The van der Waals surface area contributed by atoms with Crippen LogP contribution in [0.1, 0.15) is 14.7 Å². The van der Waals surface area contributed by atoms with Crippen LogP contribution in [-0.2, 0) is 6.54 Å². The molecule has 1 aromatic heterocycles. The molecule has 0 amide bonds. The minimum absolute atomic E-state index is 0. The first-order chi connectivity index (χ1) is 6.16. The Hall–Kier alpha value is -0.833. The molecule has 1 aliphatic heterocycles. The Kier molecular flexibility index (Phi) is 3.32. The molecule has 0 N–H and O–H groups in total. The molecule has 5 nitrogen and oxygen atoms in total. The quantitative estimate of drug-likeness (QED) is 0.446. The van der Waals surface area contributed by atoms with Gasteiger partial charge >= 0.3 is 18.9 Å². The van der Waals surface area contributed by atoms with Crippen LogP contribution >= 0.6 is 11.3 Å². The zero-order valence-electron chi connectivity index (χ0n) is 7.85. The number of aromatic nitrogens is 1. The Morgan fingerprint density at radius 2 is 2.43 bits per heavy atom. The molecule has 0 saturated heterocycles. The van der Waals surface area contributed by atoms with Gasteiger partial charge in [-0.15, -0.1) is 11.3 Å². The standard InChI is InChI=1S/C7H7N3O2S.Li/c1-10-2-4-5(8-3-10)9-6(13-4)7(11)12;/h3H,2H2,1H3,(H,11,12);/q;+1/p-1. The first kappa shape index (κ1) is 11.2. The molecule has 0 aromatic carbocycles. The van der Waals surface area contributed by atoms with Crippen molar-refractivity contribution in [2.24, 2.45) is 4.99 Å². The number of nitrogens with zero attached hydrogens (tertiary/aromatic N) is 3. The van der Waals surface area contributed by atoms with Crippen LogP contribution in [0.25, 0.3) is 0 Å². The zero-order valence-corrected chi connectivity index (χ0v) is 8.67. The van der Waals surface area contributed by atoms with Crippen molar-refractivity contribution in [3.8, 4) is 0 Å². The molecule has 0 aliphatic carbocycles. The second kappa shape index (κ2) is 4.13. The van der Waals surface area contributed by atoms with Gasteiger partial charge in [-0.3, -0.25) is 0 Å². The van der Waals surface area contributed by atoms with E-state index in [-0.39, 0.29) is 23.9 Å². The molecule has 1 aliphatic rings. The Bertz CT molecular complexity index is 390. The average Bonchev–Trinajstić information content (AvgIpc) is 2.46. The summed E-state index contributed by atoms with van der Waals surface area (Å²) in [6.07, 6.45) is 1.63. The number of rotatable bonds is 1.